The first-order chi connectivity index (χ1) is 11.2. The summed E-state index contributed by atoms with van der Waals surface area (Å²) in [5, 5.41) is 9.83. The maximum absolute atomic E-state index is 12.4. The number of anilines is 2. The van der Waals surface area contributed by atoms with Crippen molar-refractivity contribution in [3.05, 3.63) is 29.8 Å². The third-order valence-electron chi connectivity index (χ3n) is 3.95. The largest absolute Gasteiger partial charge is 0.360 e. The molecule has 2 aromatic heterocycles. The first-order valence-corrected chi connectivity index (χ1v) is 8.05. The molecule has 0 bridgehead atoms. The third kappa shape index (κ3) is 4.28. The summed E-state index contributed by atoms with van der Waals surface area (Å²) in [5.41, 5.74) is 0.354. The number of hydrogen-bond acceptors (Lipinski definition) is 6. The second-order valence-corrected chi connectivity index (χ2v) is 5.88. The van der Waals surface area contributed by atoms with E-state index in [1.165, 1.54) is 25.7 Å². The van der Waals surface area contributed by atoms with Crippen LogP contribution in [0.5, 0.6) is 0 Å². The van der Waals surface area contributed by atoms with Crippen molar-refractivity contribution in [2.75, 3.05) is 5.32 Å². The first-order valence-electron chi connectivity index (χ1n) is 8.05. The molecule has 1 fully saturated rings. The molecule has 0 radical (unpaired) electrons. The summed E-state index contributed by atoms with van der Waals surface area (Å²) >= 11 is 0. The molecule has 0 atom stereocenters. The minimum absolute atomic E-state index is 0.154. The lowest BCUT2D eigenvalue weighted by molar-refractivity contribution is 0.0928. The minimum atomic E-state index is -0.154. The molecule has 1 amide bonds. The molecule has 2 aromatic rings. The van der Waals surface area contributed by atoms with Crippen molar-refractivity contribution in [2.45, 2.75) is 51.5 Å². The summed E-state index contributed by atoms with van der Waals surface area (Å²) in [6.45, 7) is 1.80. The SMILES string of the molecule is Cc1cc(Nc2nccc(C(=O)NC3CCCCCC3)n2)no1. The molecule has 2 heterocycles. The Kier molecular flexibility index (Phi) is 4.85. The number of amides is 1. The van der Waals surface area contributed by atoms with Crippen molar-refractivity contribution in [1.82, 2.24) is 20.4 Å². The van der Waals surface area contributed by atoms with E-state index in [9.17, 15) is 4.79 Å². The highest BCUT2D eigenvalue weighted by Crippen LogP contribution is 2.18. The molecule has 1 saturated carbocycles. The highest BCUT2D eigenvalue weighted by molar-refractivity contribution is 5.92. The van der Waals surface area contributed by atoms with Gasteiger partial charge in [-0.1, -0.05) is 30.8 Å². The molecule has 23 heavy (non-hydrogen) atoms. The molecule has 1 aliphatic carbocycles. The Morgan fingerprint density at radius 3 is 2.74 bits per heavy atom. The number of hydrogen-bond donors (Lipinski definition) is 2. The van der Waals surface area contributed by atoms with Gasteiger partial charge in [-0.2, -0.15) is 0 Å². The van der Waals surface area contributed by atoms with Crippen LogP contribution in [-0.2, 0) is 0 Å². The highest BCUT2D eigenvalue weighted by atomic mass is 16.5. The van der Waals surface area contributed by atoms with Gasteiger partial charge in [0, 0.05) is 18.3 Å². The van der Waals surface area contributed by atoms with Crippen molar-refractivity contribution in [3.63, 3.8) is 0 Å². The van der Waals surface area contributed by atoms with Crippen molar-refractivity contribution >= 4 is 17.7 Å². The number of carbonyl (C=O) groups excluding carboxylic acids is 1. The Hall–Kier alpha value is -2.44. The Bertz CT molecular complexity index is 662. The predicted molar refractivity (Wildman–Crippen MR) is 85.5 cm³/mol. The van der Waals surface area contributed by atoms with E-state index in [2.05, 4.69) is 25.8 Å². The van der Waals surface area contributed by atoms with Crippen LogP contribution in [0.25, 0.3) is 0 Å². The van der Waals surface area contributed by atoms with Crippen molar-refractivity contribution < 1.29 is 9.32 Å². The first kappa shape index (κ1) is 15.5. The summed E-state index contributed by atoms with van der Waals surface area (Å²) in [6, 6.07) is 3.60. The van der Waals surface area contributed by atoms with Crippen LogP contribution >= 0.6 is 0 Å². The monoisotopic (exact) mass is 315 g/mol. The molecular formula is C16H21N5O2. The van der Waals surface area contributed by atoms with Crippen molar-refractivity contribution in [3.8, 4) is 0 Å². The van der Waals surface area contributed by atoms with Gasteiger partial charge in [0.05, 0.1) is 0 Å². The smallest absolute Gasteiger partial charge is 0.270 e. The molecule has 1 aliphatic rings. The van der Waals surface area contributed by atoms with Gasteiger partial charge >= 0.3 is 0 Å². The van der Waals surface area contributed by atoms with Gasteiger partial charge in [-0.05, 0) is 25.8 Å². The van der Waals surface area contributed by atoms with Crippen LogP contribution in [-0.4, -0.2) is 27.1 Å². The van der Waals surface area contributed by atoms with E-state index in [0.29, 0.717) is 23.2 Å². The number of nitrogens with one attached hydrogen (secondary N) is 2. The zero-order valence-corrected chi connectivity index (χ0v) is 13.2. The zero-order chi connectivity index (χ0) is 16.1. The fraction of sp³-hybridized carbons (Fsp3) is 0.500. The van der Waals surface area contributed by atoms with Crippen LogP contribution in [0, 0.1) is 6.92 Å². The van der Waals surface area contributed by atoms with E-state index in [1.807, 2.05) is 0 Å². The maximum Gasteiger partial charge on any atom is 0.270 e. The molecule has 2 N–H and O–H groups in total. The van der Waals surface area contributed by atoms with Gasteiger partial charge in [-0.3, -0.25) is 4.79 Å². The van der Waals surface area contributed by atoms with Gasteiger partial charge in [0.2, 0.25) is 5.95 Å². The molecule has 3 rings (SSSR count). The summed E-state index contributed by atoms with van der Waals surface area (Å²) in [4.78, 5) is 20.7. The number of rotatable bonds is 4. The van der Waals surface area contributed by atoms with Crippen LogP contribution in [0.1, 0.15) is 54.8 Å². The molecule has 0 spiro atoms. The van der Waals surface area contributed by atoms with E-state index in [4.69, 9.17) is 4.52 Å². The third-order valence-corrected chi connectivity index (χ3v) is 3.95. The van der Waals surface area contributed by atoms with E-state index < -0.39 is 0 Å². The molecule has 0 aromatic carbocycles. The Balaban J connectivity index is 1.65. The fourth-order valence-electron chi connectivity index (χ4n) is 2.77. The van der Waals surface area contributed by atoms with Gasteiger partial charge in [-0.15, -0.1) is 0 Å². The lowest BCUT2D eigenvalue weighted by Crippen LogP contribution is -2.35. The summed E-state index contributed by atoms with van der Waals surface area (Å²) in [5.74, 6) is 1.38. The molecule has 0 unspecified atom stereocenters. The molecule has 7 nitrogen and oxygen atoms in total. The molecule has 7 heteroatoms. The zero-order valence-electron chi connectivity index (χ0n) is 13.2. The minimum Gasteiger partial charge on any atom is -0.360 e. The van der Waals surface area contributed by atoms with Gasteiger partial charge < -0.3 is 15.2 Å². The molecule has 122 valence electrons. The van der Waals surface area contributed by atoms with Gasteiger partial charge in [0.1, 0.15) is 11.5 Å². The van der Waals surface area contributed by atoms with E-state index in [-0.39, 0.29) is 11.9 Å². The summed E-state index contributed by atoms with van der Waals surface area (Å²) < 4.78 is 4.98. The fourth-order valence-corrected chi connectivity index (χ4v) is 2.77. The maximum atomic E-state index is 12.4. The standard InChI is InChI=1S/C16H21N5O2/c1-11-10-14(21-23-11)20-16-17-9-8-13(19-16)15(22)18-12-6-4-2-3-5-7-12/h8-10,12H,2-7H2,1H3,(H,18,22)(H,17,19,20,21). The van der Waals surface area contributed by atoms with E-state index in [1.54, 1.807) is 25.3 Å². The van der Waals surface area contributed by atoms with Crippen LogP contribution in [0.15, 0.2) is 22.9 Å². The molecule has 0 saturated heterocycles. The second kappa shape index (κ2) is 7.21. The van der Waals surface area contributed by atoms with Crippen LogP contribution in [0.4, 0.5) is 11.8 Å². The molecular weight excluding hydrogens is 294 g/mol. The number of aryl methyl sites for hydroxylation is 1. The van der Waals surface area contributed by atoms with E-state index >= 15 is 0 Å². The van der Waals surface area contributed by atoms with Crippen molar-refractivity contribution in [1.29, 1.82) is 0 Å². The number of nitrogens with zero attached hydrogens (tertiary/aromatic N) is 3. The summed E-state index contributed by atoms with van der Waals surface area (Å²) in [6.07, 6.45) is 8.50. The number of aromatic nitrogens is 3. The van der Waals surface area contributed by atoms with Gasteiger partial charge in [0.15, 0.2) is 5.82 Å². The van der Waals surface area contributed by atoms with Crippen LogP contribution in [0.2, 0.25) is 0 Å². The second-order valence-electron chi connectivity index (χ2n) is 5.88. The predicted octanol–water partition coefficient (Wildman–Crippen LogP) is 2.97. The molecule has 0 aliphatic heterocycles. The highest BCUT2D eigenvalue weighted by Gasteiger charge is 2.17. The lowest BCUT2D eigenvalue weighted by atomic mass is 10.1. The van der Waals surface area contributed by atoms with Crippen LogP contribution in [0.3, 0.4) is 0 Å². The Morgan fingerprint density at radius 1 is 1.26 bits per heavy atom. The van der Waals surface area contributed by atoms with Gasteiger partial charge in [-0.25, -0.2) is 9.97 Å². The summed E-state index contributed by atoms with van der Waals surface area (Å²) in [7, 11) is 0. The lowest BCUT2D eigenvalue weighted by Gasteiger charge is -2.15. The Labute approximate surface area is 134 Å². The van der Waals surface area contributed by atoms with Crippen molar-refractivity contribution in [2.24, 2.45) is 0 Å². The van der Waals surface area contributed by atoms with Crippen LogP contribution < -0.4 is 10.6 Å². The topological polar surface area (TPSA) is 92.9 Å². The van der Waals surface area contributed by atoms with Gasteiger partial charge in [0.25, 0.3) is 5.91 Å². The normalized spacial score (nSPS) is 15.9. The average Bonchev–Trinajstić information content (AvgIpc) is 2.80. The van der Waals surface area contributed by atoms with E-state index in [0.717, 1.165) is 12.8 Å². The quantitative estimate of drug-likeness (QED) is 0.843. The average molecular weight is 315 g/mol. The Morgan fingerprint density at radius 2 is 2.04 bits per heavy atom. The number of carbonyl (C=O) groups is 1.